The minimum absolute atomic E-state index is 0.156. The molecule has 6 nitrogen and oxygen atoms in total. The van der Waals surface area contributed by atoms with Crippen LogP contribution in [-0.2, 0) is 9.53 Å². The SMILES string of the molecule is NC(=O)C1COCCN1C(=O)c1c[nH]c2ccccc12. The molecule has 2 aromatic rings. The van der Waals surface area contributed by atoms with E-state index in [0.29, 0.717) is 18.7 Å². The topological polar surface area (TPSA) is 88.4 Å². The molecule has 0 aliphatic carbocycles. The number of hydrogen-bond acceptors (Lipinski definition) is 3. The van der Waals surface area contributed by atoms with Crippen molar-refractivity contribution < 1.29 is 14.3 Å². The molecule has 1 saturated heterocycles. The molecule has 1 fully saturated rings. The number of carbonyl (C=O) groups is 2. The number of hydrogen-bond donors (Lipinski definition) is 2. The Kier molecular flexibility index (Phi) is 3.15. The maximum atomic E-state index is 12.6. The molecular weight excluding hydrogens is 258 g/mol. The lowest BCUT2D eigenvalue weighted by Gasteiger charge is -2.33. The van der Waals surface area contributed by atoms with Gasteiger partial charge in [0.1, 0.15) is 6.04 Å². The summed E-state index contributed by atoms with van der Waals surface area (Å²) in [6.45, 7) is 0.938. The minimum Gasteiger partial charge on any atom is -0.377 e. The first-order chi connectivity index (χ1) is 9.68. The van der Waals surface area contributed by atoms with Crippen LogP contribution in [0.15, 0.2) is 30.5 Å². The molecule has 1 aromatic heterocycles. The molecule has 20 heavy (non-hydrogen) atoms. The predicted octanol–water partition coefficient (Wildman–Crippen LogP) is 0.494. The first-order valence-corrected chi connectivity index (χ1v) is 6.42. The molecule has 0 radical (unpaired) electrons. The van der Waals surface area contributed by atoms with E-state index in [4.69, 9.17) is 10.5 Å². The van der Waals surface area contributed by atoms with Crippen molar-refractivity contribution in [1.82, 2.24) is 9.88 Å². The van der Waals surface area contributed by atoms with Gasteiger partial charge in [-0.25, -0.2) is 0 Å². The molecule has 2 heterocycles. The second-order valence-electron chi connectivity index (χ2n) is 4.74. The summed E-state index contributed by atoms with van der Waals surface area (Å²) in [4.78, 5) is 28.6. The van der Waals surface area contributed by atoms with Gasteiger partial charge in [0.05, 0.1) is 18.8 Å². The lowest BCUT2D eigenvalue weighted by atomic mass is 10.1. The first kappa shape index (κ1) is 12.7. The maximum Gasteiger partial charge on any atom is 0.256 e. The molecule has 3 rings (SSSR count). The number of nitrogens with zero attached hydrogens (tertiary/aromatic N) is 1. The molecule has 1 aliphatic rings. The Hall–Kier alpha value is -2.34. The van der Waals surface area contributed by atoms with Gasteiger partial charge in [-0.2, -0.15) is 0 Å². The zero-order chi connectivity index (χ0) is 14.1. The number of aromatic amines is 1. The number of benzene rings is 1. The summed E-state index contributed by atoms with van der Waals surface area (Å²) in [5.74, 6) is -0.743. The quantitative estimate of drug-likeness (QED) is 0.834. The van der Waals surface area contributed by atoms with Gasteiger partial charge in [0.2, 0.25) is 5.91 Å². The van der Waals surface area contributed by atoms with E-state index < -0.39 is 11.9 Å². The monoisotopic (exact) mass is 273 g/mol. The van der Waals surface area contributed by atoms with Gasteiger partial charge in [0.25, 0.3) is 5.91 Å². The van der Waals surface area contributed by atoms with E-state index in [0.717, 1.165) is 10.9 Å². The molecule has 3 N–H and O–H groups in total. The van der Waals surface area contributed by atoms with Crippen LogP contribution in [0, 0.1) is 0 Å². The van der Waals surface area contributed by atoms with E-state index in [-0.39, 0.29) is 12.5 Å². The van der Waals surface area contributed by atoms with Gasteiger partial charge >= 0.3 is 0 Å². The number of nitrogens with two attached hydrogens (primary N) is 1. The second-order valence-corrected chi connectivity index (χ2v) is 4.74. The molecule has 6 heteroatoms. The first-order valence-electron chi connectivity index (χ1n) is 6.42. The number of fused-ring (bicyclic) bond motifs is 1. The minimum atomic E-state index is -0.704. The van der Waals surface area contributed by atoms with Crippen molar-refractivity contribution in [3.05, 3.63) is 36.0 Å². The fourth-order valence-electron chi connectivity index (χ4n) is 2.49. The number of rotatable bonds is 2. The third-order valence-electron chi connectivity index (χ3n) is 3.54. The highest BCUT2D eigenvalue weighted by Crippen LogP contribution is 2.21. The van der Waals surface area contributed by atoms with Gasteiger partial charge < -0.3 is 20.4 Å². The lowest BCUT2D eigenvalue weighted by molar-refractivity contribution is -0.127. The summed E-state index contributed by atoms with van der Waals surface area (Å²) in [5, 5.41) is 0.840. The highest BCUT2D eigenvalue weighted by molar-refractivity contribution is 6.07. The molecule has 1 aliphatic heterocycles. The number of morpholine rings is 1. The Morgan fingerprint density at radius 2 is 2.15 bits per heavy atom. The average molecular weight is 273 g/mol. The molecule has 0 saturated carbocycles. The number of H-pyrrole nitrogens is 1. The Morgan fingerprint density at radius 1 is 1.35 bits per heavy atom. The van der Waals surface area contributed by atoms with E-state index in [2.05, 4.69) is 4.98 Å². The fraction of sp³-hybridized carbons (Fsp3) is 0.286. The highest BCUT2D eigenvalue weighted by Gasteiger charge is 2.32. The normalized spacial score (nSPS) is 19.2. The number of amides is 2. The molecule has 1 aromatic carbocycles. The summed E-state index contributed by atoms with van der Waals surface area (Å²) < 4.78 is 5.23. The van der Waals surface area contributed by atoms with Crippen LogP contribution in [0.25, 0.3) is 10.9 Å². The van der Waals surface area contributed by atoms with Crippen molar-refractivity contribution in [3.8, 4) is 0 Å². The predicted molar refractivity (Wildman–Crippen MR) is 73.1 cm³/mol. The van der Waals surface area contributed by atoms with E-state index in [1.807, 2.05) is 24.3 Å². The summed E-state index contributed by atoms with van der Waals surface area (Å²) in [6, 6.07) is 6.84. The van der Waals surface area contributed by atoms with E-state index >= 15 is 0 Å². The van der Waals surface area contributed by atoms with Crippen molar-refractivity contribution in [3.63, 3.8) is 0 Å². The molecule has 0 bridgehead atoms. The standard InChI is InChI=1S/C14H15N3O3/c15-13(18)12-8-20-6-5-17(12)14(19)10-7-16-11-4-2-1-3-9(10)11/h1-4,7,12,16H,5-6,8H2,(H2,15,18). The Morgan fingerprint density at radius 3 is 2.95 bits per heavy atom. The molecular formula is C14H15N3O3. The fourth-order valence-corrected chi connectivity index (χ4v) is 2.49. The van der Waals surface area contributed by atoms with Crippen molar-refractivity contribution in [1.29, 1.82) is 0 Å². The Bertz CT molecular complexity index is 664. The summed E-state index contributed by atoms with van der Waals surface area (Å²) in [7, 11) is 0. The van der Waals surface area contributed by atoms with Gasteiger partial charge in [-0.15, -0.1) is 0 Å². The number of carbonyl (C=O) groups excluding carboxylic acids is 2. The van der Waals surface area contributed by atoms with Crippen LogP contribution in [0.5, 0.6) is 0 Å². The Labute approximate surface area is 115 Å². The molecule has 1 unspecified atom stereocenters. The smallest absolute Gasteiger partial charge is 0.256 e. The number of para-hydroxylation sites is 1. The van der Waals surface area contributed by atoms with Crippen molar-refractivity contribution >= 4 is 22.7 Å². The molecule has 2 amide bonds. The number of aromatic nitrogens is 1. The van der Waals surface area contributed by atoms with Crippen LogP contribution < -0.4 is 5.73 Å². The highest BCUT2D eigenvalue weighted by atomic mass is 16.5. The third kappa shape index (κ3) is 2.04. The van der Waals surface area contributed by atoms with Gasteiger partial charge in [-0.1, -0.05) is 18.2 Å². The van der Waals surface area contributed by atoms with Gasteiger partial charge in [-0.3, -0.25) is 9.59 Å². The van der Waals surface area contributed by atoms with Gasteiger partial charge in [-0.05, 0) is 6.07 Å². The van der Waals surface area contributed by atoms with E-state index in [9.17, 15) is 9.59 Å². The maximum absolute atomic E-state index is 12.6. The number of nitrogens with one attached hydrogen (secondary N) is 1. The zero-order valence-electron chi connectivity index (χ0n) is 10.8. The van der Waals surface area contributed by atoms with E-state index in [1.165, 1.54) is 4.90 Å². The number of primary amides is 1. The molecule has 1 atom stereocenters. The van der Waals surface area contributed by atoms with Crippen LogP contribution in [0.4, 0.5) is 0 Å². The van der Waals surface area contributed by atoms with Crippen LogP contribution in [-0.4, -0.2) is 47.5 Å². The lowest BCUT2D eigenvalue weighted by Crippen LogP contribution is -2.54. The van der Waals surface area contributed by atoms with Gasteiger partial charge in [0.15, 0.2) is 0 Å². The molecule has 104 valence electrons. The molecule has 0 spiro atoms. The van der Waals surface area contributed by atoms with Crippen LogP contribution >= 0.6 is 0 Å². The van der Waals surface area contributed by atoms with Gasteiger partial charge in [0, 0.05) is 23.6 Å². The summed E-state index contributed by atoms with van der Waals surface area (Å²) in [6.07, 6.45) is 1.67. The largest absolute Gasteiger partial charge is 0.377 e. The number of ether oxygens (including phenoxy) is 1. The van der Waals surface area contributed by atoms with Crippen LogP contribution in [0.1, 0.15) is 10.4 Å². The zero-order valence-corrected chi connectivity index (χ0v) is 10.8. The summed E-state index contributed by atoms with van der Waals surface area (Å²) in [5.41, 5.74) is 6.78. The van der Waals surface area contributed by atoms with Crippen molar-refractivity contribution in [2.24, 2.45) is 5.73 Å². The summed E-state index contributed by atoms with van der Waals surface area (Å²) >= 11 is 0. The van der Waals surface area contributed by atoms with Crippen LogP contribution in [0.3, 0.4) is 0 Å². The second kappa shape index (κ2) is 4.97. The Balaban J connectivity index is 1.96. The van der Waals surface area contributed by atoms with Crippen LogP contribution in [0.2, 0.25) is 0 Å². The third-order valence-corrected chi connectivity index (χ3v) is 3.54. The van der Waals surface area contributed by atoms with E-state index in [1.54, 1.807) is 6.20 Å². The van der Waals surface area contributed by atoms with Crippen molar-refractivity contribution in [2.75, 3.05) is 19.8 Å². The average Bonchev–Trinajstić information content (AvgIpc) is 2.90. The van der Waals surface area contributed by atoms with Crippen molar-refractivity contribution in [2.45, 2.75) is 6.04 Å².